The van der Waals surface area contributed by atoms with Crippen molar-refractivity contribution in [1.82, 2.24) is 0 Å². The fourth-order valence-electron chi connectivity index (χ4n) is 3.63. The SMILES string of the molecule is CCCCCCc1ccc(C#Cc2ccc(C#Cc3ccc(CCCC)cc3)cc2)c(F)c1. The molecule has 0 amide bonds. The molecule has 3 aromatic carbocycles. The molecular weight excluding hydrogens is 403 g/mol. The van der Waals surface area contributed by atoms with E-state index in [0.29, 0.717) is 5.56 Å². The van der Waals surface area contributed by atoms with E-state index in [0.717, 1.165) is 41.5 Å². The van der Waals surface area contributed by atoms with Crippen LogP contribution < -0.4 is 0 Å². The number of halogens is 1. The van der Waals surface area contributed by atoms with Crippen LogP contribution in [0.4, 0.5) is 4.39 Å². The molecule has 0 aliphatic rings. The number of hydrogen-bond acceptors (Lipinski definition) is 0. The standard InChI is InChI=1S/C32H33F/c1-3-5-7-8-10-30-22-24-31(32(33)25-30)23-21-29-19-17-28(18-20-29)16-15-27-13-11-26(12-14-27)9-6-4-2/h11-14,17-20,22,24-25H,3-10H2,1-2H3. The van der Waals surface area contributed by atoms with Gasteiger partial charge in [0.05, 0.1) is 5.56 Å². The summed E-state index contributed by atoms with van der Waals surface area (Å²) < 4.78 is 14.4. The van der Waals surface area contributed by atoms with Gasteiger partial charge in [-0.2, -0.15) is 0 Å². The molecule has 0 fully saturated rings. The lowest BCUT2D eigenvalue weighted by atomic mass is 10.0. The maximum absolute atomic E-state index is 14.4. The fourth-order valence-corrected chi connectivity index (χ4v) is 3.63. The summed E-state index contributed by atoms with van der Waals surface area (Å²) >= 11 is 0. The number of benzene rings is 3. The van der Waals surface area contributed by atoms with Gasteiger partial charge in [-0.15, -0.1) is 0 Å². The molecule has 0 saturated heterocycles. The normalized spacial score (nSPS) is 10.2. The molecule has 1 heteroatoms. The Morgan fingerprint density at radius 3 is 1.64 bits per heavy atom. The third-order valence-corrected chi connectivity index (χ3v) is 5.70. The van der Waals surface area contributed by atoms with Crippen molar-refractivity contribution in [3.63, 3.8) is 0 Å². The summed E-state index contributed by atoms with van der Waals surface area (Å²) in [6, 6.07) is 21.7. The van der Waals surface area contributed by atoms with Gasteiger partial charge < -0.3 is 0 Å². The molecule has 3 aromatic rings. The van der Waals surface area contributed by atoms with Crippen molar-refractivity contribution in [2.45, 2.75) is 65.2 Å². The van der Waals surface area contributed by atoms with Crippen molar-refractivity contribution in [3.8, 4) is 23.7 Å². The van der Waals surface area contributed by atoms with Gasteiger partial charge in [-0.3, -0.25) is 0 Å². The van der Waals surface area contributed by atoms with E-state index < -0.39 is 0 Å². The minimum absolute atomic E-state index is 0.237. The third-order valence-electron chi connectivity index (χ3n) is 5.70. The molecule has 33 heavy (non-hydrogen) atoms. The smallest absolute Gasteiger partial charge is 0.139 e. The highest BCUT2D eigenvalue weighted by Crippen LogP contribution is 2.14. The lowest BCUT2D eigenvalue weighted by Gasteiger charge is -2.02. The average Bonchev–Trinajstić information content (AvgIpc) is 2.85. The van der Waals surface area contributed by atoms with Gasteiger partial charge in [0.2, 0.25) is 0 Å². The maximum atomic E-state index is 14.4. The Morgan fingerprint density at radius 2 is 1.06 bits per heavy atom. The van der Waals surface area contributed by atoms with Crippen LogP contribution in [0.1, 0.15) is 85.8 Å². The van der Waals surface area contributed by atoms with Crippen molar-refractivity contribution in [2.75, 3.05) is 0 Å². The average molecular weight is 437 g/mol. The number of aryl methyl sites for hydroxylation is 2. The van der Waals surface area contributed by atoms with E-state index in [-0.39, 0.29) is 5.82 Å². The molecule has 3 rings (SSSR count). The van der Waals surface area contributed by atoms with Crippen molar-refractivity contribution < 1.29 is 4.39 Å². The first-order valence-corrected chi connectivity index (χ1v) is 12.2. The summed E-state index contributed by atoms with van der Waals surface area (Å²) in [6.45, 7) is 4.41. The predicted octanol–water partition coefficient (Wildman–Crippen LogP) is 8.09. The Labute approximate surface area is 199 Å². The van der Waals surface area contributed by atoms with E-state index in [4.69, 9.17) is 0 Å². The van der Waals surface area contributed by atoms with Crippen LogP contribution in [0.5, 0.6) is 0 Å². The molecule has 168 valence electrons. The Morgan fingerprint density at radius 1 is 0.545 bits per heavy atom. The highest BCUT2D eigenvalue weighted by Gasteiger charge is 2.02. The zero-order chi connectivity index (χ0) is 23.3. The van der Waals surface area contributed by atoms with Gasteiger partial charge in [-0.1, -0.05) is 81.4 Å². The molecule has 0 atom stereocenters. The van der Waals surface area contributed by atoms with Crippen LogP contribution in [0.3, 0.4) is 0 Å². The molecular formula is C32H33F. The summed E-state index contributed by atoms with van der Waals surface area (Å²) in [4.78, 5) is 0. The quantitative estimate of drug-likeness (QED) is 0.247. The number of rotatable bonds is 8. The van der Waals surface area contributed by atoms with Gasteiger partial charge in [0.25, 0.3) is 0 Å². The molecule has 0 spiro atoms. The monoisotopic (exact) mass is 436 g/mol. The van der Waals surface area contributed by atoms with E-state index >= 15 is 0 Å². The zero-order valence-electron chi connectivity index (χ0n) is 19.9. The lowest BCUT2D eigenvalue weighted by molar-refractivity contribution is 0.618. The van der Waals surface area contributed by atoms with E-state index in [9.17, 15) is 4.39 Å². The highest BCUT2D eigenvalue weighted by atomic mass is 19.1. The van der Waals surface area contributed by atoms with Gasteiger partial charge in [-0.25, -0.2) is 4.39 Å². The first-order chi connectivity index (χ1) is 16.2. The van der Waals surface area contributed by atoms with E-state index in [1.165, 1.54) is 37.7 Å². The molecule has 0 heterocycles. The van der Waals surface area contributed by atoms with Gasteiger partial charge in [-0.05, 0) is 85.3 Å². The Balaban J connectivity index is 1.59. The molecule has 0 aliphatic carbocycles. The zero-order valence-corrected chi connectivity index (χ0v) is 19.9. The fraction of sp³-hybridized carbons (Fsp3) is 0.312. The van der Waals surface area contributed by atoms with E-state index in [1.54, 1.807) is 12.1 Å². The Kier molecular flexibility index (Phi) is 9.82. The van der Waals surface area contributed by atoms with Crippen LogP contribution in [0.2, 0.25) is 0 Å². The largest absolute Gasteiger partial charge is 0.206 e. The van der Waals surface area contributed by atoms with Crippen LogP contribution in [-0.4, -0.2) is 0 Å². The first kappa shape index (κ1) is 24.4. The molecule has 0 aliphatic heterocycles. The molecule has 0 aromatic heterocycles. The molecule has 0 N–H and O–H groups in total. The summed E-state index contributed by atoms with van der Waals surface area (Å²) in [6.07, 6.45) is 9.24. The van der Waals surface area contributed by atoms with Crippen LogP contribution in [0, 0.1) is 29.5 Å². The topological polar surface area (TPSA) is 0 Å². The highest BCUT2D eigenvalue weighted by molar-refractivity contribution is 5.48. The van der Waals surface area contributed by atoms with Crippen molar-refractivity contribution in [3.05, 3.63) is 106 Å². The maximum Gasteiger partial charge on any atom is 0.139 e. The predicted molar refractivity (Wildman–Crippen MR) is 138 cm³/mol. The molecule has 0 radical (unpaired) electrons. The van der Waals surface area contributed by atoms with Gasteiger partial charge >= 0.3 is 0 Å². The second-order valence-electron chi connectivity index (χ2n) is 8.50. The van der Waals surface area contributed by atoms with Crippen LogP contribution >= 0.6 is 0 Å². The second-order valence-corrected chi connectivity index (χ2v) is 8.50. The first-order valence-electron chi connectivity index (χ1n) is 12.2. The molecule has 0 bridgehead atoms. The third kappa shape index (κ3) is 8.29. The minimum Gasteiger partial charge on any atom is -0.206 e. The Bertz CT molecular complexity index is 1130. The second kappa shape index (κ2) is 13.3. The van der Waals surface area contributed by atoms with Gasteiger partial charge in [0.1, 0.15) is 5.82 Å². The molecule has 0 unspecified atom stereocenters. The van der Waals surface area contributed by atoms with Crippen molar-refractivity contribution in [1.29, 1.82) is 0 Å². The van der Waals surface area contributed by atoms with Gasteiger partial charge in [0, 0.05) is 16.7 Å². The number of unbranched alkanes of at least 4 members (excludes halogenated alkanes) is 4. The van der Waals surface area contributed by atoms with Crippen LogP contribution in [-0.2, 0) is 12.8 Å². The number of hydrogen-bond donors (Lipinski definition) is 0. The lowest BCUT2D eigenvalue weighted by Crippen LogP contribution is -1.90. The van der Waals surface area contributed by atoms with Gasteiger partial charge in [0.15, 0.2) is 0 Å². The van der Waals surface area contributed by atoms with E-state index in [2.05, 4.69) is 61.8 Å². The minimum atomic E-state index is -0.237. The summed E-state index contributed by atoms with van der Waals surface area (Å²) in [5.74, 6) is 12.2. The van der Waals surface area contributed by atoms with Crippen LogP contribution in [0.15, 0.2) is 66.7 Å². The van der Waals surface area contributed by atoms with E-state index in [1.807, 2.05) is 30.3 Å². The Hall–Kier alpha value is -3.29. The van der Waals surface area contributed by atoms with Crippen molar-refractivity contribution in [2.24, 2.45) is 0 Å². The molecule has 0 saturated carbocycles. The molecule has 0 nitrogen and oxygen atoms in total. The summed E-state index contributed by atoms with van der Waals surface area (Å²) in [7, 11) is 0. The van der Waals surface area contributed by atoms with Crippen molar-refractivity contribution >= 4 is 0 Å². The summed E-state index contributed by atoms with van der Waals surface area (Å²) in [5.41, 5.74) is 5.66. The van der Waals surface area contributed by atoms with Crippen LogP contribution in [0.25, 0.3) is 0 Å². The summed E-state index contributed by atoms with van der Waals surface area (Å²) in [5, 5.41) is 0.